The molecule has 0 aliphatic heterocycles. The van der Waals surface area contributed by atoms with E-state index in [-0.39, 0.29) is 23.6 Å². The second kappa shape index (κ2) is 7.60. The van der Waals surface area contributed by atoms with Crippen LogP contribution in [0.4, 0.5) is 10.1 Å². The highest BCUT2D eigenvalue weighted by molar-refractivity contribution is 9.10. The van der Waals surface area contributed by atoms with Gasteiger partial charge >= 0.3 is 0 Å². The highest BCUT2D eigenvalue weighted by atomic mass is 79.9. The maximum absolute atomic E-state index is 13.5. The van der Waals surface area contributed by atoms with Crippen molar-refractivity contribution in [3.05, 3.63) is 28.5 Å². The molecule has 2 atom stereocenters. The summed E-state index contributed by atoms with van der Waals surface area (Å²) in [5, 5.41) is 2.61. The van der Waals surface area contributed by atoms with Crippen molar-refractivity contribution in [3.63, 3.8) is 0 Å². The maximum Gasteiger partial charge on any atom is 0.227 e. The Labute approximate surface area is 121 Å². The van der Waals surface area contributed by atoms with Crippen LogP contribution in [0.15, 0.2) is 22.7 Å². The minimum Gasteiger partial charge on any atom is -0.328 e. The van der Waals surface area contributed by atoms with E-state index in [2.05, 4.69) is 21.2 Å². The van der Waals surface area contributed by atoms with E-state index < -0.39 is 5.82 Å². The minimum absolute atomic E-state index is 0.151. The van der Waals surface area contributed by atoms with E-state index in [9.17, 15) is 9.18 Å². The molecule has 0 radical (unpaired) electrons. The van der Waals surface area contributed by atoms with Crippen molar-refractivity contribution in [2.75, 3.05) is 5.32 Å². The van der Waals surface area contributed by atoms with Gasteiger partial charge in [0, 0.05) is 16.4 Å². The average molecular weight is 331 g/mol. The Morgan fingerprint density at radius 2 is 2.11 bits per heavy atom. The molecule has 1 aromatic carbocycles. The summed E-state index contributed by atoms with van der Waals surface area (Å²) in [6, 6.07) is 4.62. The third-order valence-corrected chi connectivity index (χ3v) is 3.42. The molecule has 0 spiro atoms. The number of anilines is 1. The van der Waals surface area contributed by atoms with E-state index in [0.717, 1.165) is 23.7 Å². The molecule has 1 aromatic rings. The van der Waals surface area contributed by atoms with Crippen LogP contribution < -0.4 is 11.1 Å². The predicted molar refractivity (Wildman–Crippen MR) is 79.4 cm³/mol. The maximum atomic E-state index is 13.5. The van der Waals surface area contributed by atoms with Crippen molar-refractivity contribution in [1.82, 2.24) is 0 Å². The van der Waals surface area contributed by atoms with Crippen LogP contribution in [0, 0.1) is 11.7 Å². The first-order chi connectivity index (χ1) is 8.90. The first-order valence-electron chi connectivity index (χ1n) is 6.41. The number of nitrogens with one attached hydrogen (secondary N) is 1. The van der Waals surface area contributed by atoms with Crippen molar-refractivity contribution in [2.24, 2.45) is 11.7 Å². The van der Waals surface area contributed by atoms with Gasteiger partial charge in [-0.2, -0.15) is 0 Å². The van der Waals surface area contributed by atoms with Gasteiger partial charge in [0.05, 0.1) is 5.69 Å². The van der Waals surface area contributed by atoms with Gasteiger partial charge < -0.3 is 11.1 Å². The van der Waals surface area contributed by atoms with Crippen molar-refractivity contribution in [3.8, 4) is 0 Å². The number of halogens is 2. The number of hydrogen-bond donors (Lipinski definition) is 2. The minimum atomic E-state index is -0.431. The molecule has 3 N–H and O–H groups in total. The molecule has 0 aliphatic rings. The van der Waals surface area contributed by atoms with Crippen molar-refractivity contribution >= 4 is 27.5 Å². The number of hydrogen-bond acceptors (Lipinski definition) is 2. The third-order valence-electron chi connectivity index (χ3n) is 2.93. The smallest absolute Gasteiger partial charge is 0.227 e. The molecule has 0 heterocycles. The Kier molecular flexibility index (Phi) is 6.45. The van der Waals surface area contributed by atoms with E-state index in [1.165, 1.54) is 6.07 Å². The second-order valence-corrected chi connectivity index (χ2v) is 5.84. The quantitative estimate of drug-likeness (QED) is 0.835. The van der Waals surface area contributed by atoms with Gasteiger partial charge in [0.25, 0.3) is 0 Å². The molecule has 0 bridgehead atoms. The van der Waals surface area contributed by atoms with Gasteiger partial charge in [-0.15, -0.1) is 0 Å². The summed E-state index contributed by atoms with van der Waals surface area (Å²) in [5.41, 5.74) is 5.87. The lowest BCUT2D eigenvalue weighted by atomic mass is 10.0. The molecule has 1 rings (SSSR count). The van der Waals surface area contributed by atoms with Crippen LogP contribution in [0.3, 0.4) is 0 Å². The molecule has 0 aromatic heterocycles. The highest BCUT2D eigenvalue weighted by Gasteiger charge is 2.15. The first kappa shape index (κ1) is 16.1. The molecule has 0 saturated carbocycles. The number of amides is 1. The summed E-state index contributed by atoms with van der Waals surface area (Å²) in [4.78, 5) is 11.9. The molecule has 106 valence electrons. The largest absolute Gasteiger partial charge is 0.328 e. The normalized spacial score (nSPS) is 13.9. The molecule has 5 heteroatoms. The van der Waals surface area contributed by atoms with Crippen LogP contribution in [-0.4, -0.2) is 11.9 Å². The molecule has 0 aliphatic carbocycles. The third kappa shape index (κ3) is 5.70. The summed E-state index contributed by atoms with van der Waals surface area (Å²) in [7, 11) is 0. The SMILES string of the molecule is CC(N)CCCC(C)C(=O)Nc1cc(Br)ccc1F. The van der Waals surface area contributed by atoms with Gasteiger partial charge in [-0.25, -0.2) is 4.39 Å². The van der Waals surface area contributed by atoms with E-state index in [1.807, 2.05) is 13.8 Å². The van der Waals surface area contributed by atoms with E-state index in [1.54, 1.807) is 12.1 Å². The molecule has 0 saturated heterocycles. The van der Waals surface area contributed by atoms with Crippen LogP contribution in [-0.2, 0) is 4.79 Å². The summed E-state index contributed by atoms with van der Waals surface area (Å²) < 4.78 is 14.2. The Balaban J connectivity index is 2.51. The zero-order valence-electron chi connectivity index (χ0n) is 11.2. The summed E-state index contributed by atoms with van der Waals surface area (Å²) in [6.07, 6.45) is 2.54. The molecule has 2 unspecified atom stereocenters. The Morgan fingerprint density at radius 1 is 1.42 bits per heavy atom. The molecule has 1 amide bonds. The monoisotopic (exact) mass is 330 g/mol. The standard InChI is InChI=1S/C14H20BrFN2O/c1-9(4-3-5-10(2)17)14(19)18-13-8-11(15)6-7-12(13)16/h6-10H,3-5,17H2,1-2H3,(H,18,19). The van der Waals surface area contributed by atoms with Crippen LogP contribution in [0.1, 0.15) is 33.1 Å². The molecule has 19 heavy (non-hydrogen) atoms. The number of nitrogens with two attached hydrogens (primary N) is 1. The second-order valence-electron chi connectivity index (χ2n) is 4.92. The van der Waals surface area contributed by atoms with E-state index in [0.29, 0.717) is 0 Å². The zero-order chi connectivity index (χ0) is 14.4. The van der Waals surface area contributed by atoms with Gasteiger partial charge in [-0.05, 0) is 38.0 Å². The van der Waals surface area contributed by atoms with Crippen LogP contribution in [0.2, 0.25) is 0 Å². The lowest BCUT2D eigenvalue weighted by Gasteiger charge is -2.13. The molecule has 0 fully saturated rings. The first-order valence-corrected chi connectivity index (χ1v) is 7.21. The Morgan fingerprint density at radius 3 is 2.74 bits per heavy atom. The number of carbonyl (C=O) groups is 1. The Bertz CT molecular complexity index is 437. The molecular weight excluding hydrogens is 311 g/mol. The summed E-state index contributed by atoms with van der Waals surface area (Å²) >= 11 is 3.25. The van der Waals surface area contributed by atoms with Gasteiger partial charge in [0.15, 0.2) is 0 Å². The fourth-order valence-corrected chi connectivity index (χ4v) is 2.09. The fourth-order valence-electron chi connectivity index (χ4n) is 1.73. The summed E-state index contributed by atoms with van der Waals surface area (Å²) in [5.74, 6) is -0.752. The van der Waals surface area contributed by atoms with Crippen LogP contribution >= 0.6 is 15.9 Å². The van der Waals surface area contributed by atoms with Crippen LogP contribution in [0.5, 0.6) is 0 Å². The fraction of sp³-hybridized carbons (Fsp3) is 0.500. The topological polar surface area (TPSA) is 55.1 Å². The number of benzene rings is 1. The van der Waals surface area contributed by atoms with Gasteiger partial charge in [0.2, 0.25) is 5.91 Å². The van der Waals surface area contributed by atoms with Crippen LogP contribution in [0.25, 0.3) is 0 Å². The van der Waals surface area contributed by atoms with Crippen molar-refractivity contribution < 1.29 is 9.18 Å². The number of rotatable bonds is 6. The van der Waals surface area contributed by atoms with Crippen molar-refractivity contribution in [2.45, 2.75) is 39.2 Å². The summed E-state index contributed by atoms with van der Waals surface area (Å²) in [6.45, 7) is 3.79. The molecular formula is C14H20BrFN2O. The Hall–Kier alpha value is -0.940. The van der Waals surface area contributed by atoms with Gasteiger partial charge in [-0.3, -0.25) is 4.79 Å². The number of carbonyl (C=O) groups excluding carboxylic acids is 1. The lowest BCUT2D eigenvalue weighted by molar-refractivity contribution is -0.119. The van der Waals surface area contributed by atoms with E-state index >= 15 is 0 Å². The predicted octanol–water partition coefficient (Wildman–Crippen LogP) is 3.68. The average Bonchev–Trinajstić information content (AvgIpc) is 2.33. The van der Waals surface area contributed by atoms with Gasteiger partial charge in [0.1, 0.15) is 5.82 Å². The van der Waals surface area contributed by atoms with E-state index in [4.69, 9.17) is 5.73 Å². The van der Waals surface area contributed by atoms with Crippen molar-refractivity contribution in [1.29, 1.82) is 0 Å². The van der Waals surface area contributed by atoms with Gasteiger partial charge in [-0.1, -0.05) is 29.3 Å². The lowest BCUT2D eigenvalue weighted by Crippen LogP contribution is -2.22. The zero-order valence-corrected chi connectivity index (χ0v) is 12.8. The highest BCUT2D eigenvalue weighted by Crippen LogP contribution is 2.21. The molecule has 3 nitrogen and oxygen atoms in total.